The first kappa shape index (κ1) is 20.6. The van der Waals surface area contributed by atoms with Crippen LogP contribution >= 0.6 is 11.3 Å². The number of halogens is 1. The Morgan fingerprint density at radius 2 is 1.89 bits per heavy atom. The van der Waals surface area contributed by atoms with Gasteiger partial charge in [-0.05, 0) is 50.4 Å². The minimum absolute atomic E-state index is 0.245. The van der Waals surface area contributed by atoms with Gasteiger partial charge in [0.15, 0.2) is 0 Å². The highest BCUT2D eigenvalue weighted by Gasteiger charge is 2.23. The van der Waals surface area contributed by atoms with E-state index in [9.17, 15) is 18.8 Å². The maximum atomic E-state index is 13.6. The highest BCUT2D eigenvalue weighted by molar-refractivity contribution is 7.12. The van der Waals surface area contributed by atoms with Crippen LogP contribution < -0.4 is 15.5 Å². The van der Waals surface area contributed by atoms with Gasteiger partial charge in [-0.15, -0.1) is 11.3 Å². The van der Waals surface area contributed by atoms with Crippen molar-refractivity contribution in [1.29, 1.82) is 0 Å². The molecular formula is C19H22FN3O3S. The summed E-state index contributed by atoms with van der Waals surface area (Å²) in [6.45, 7) is 4.87. The molecule has 0 saturated heterocycles. The molecule has 3 amide bonds. The van der Waals surface area contributed by atoms with E-state index in [1.54, 1.807) is 17.5 Å². The van der Waals surface area contributed by atoms with Crippen molar-refractivity contribution in [3.05, 3.63) is 52.5 Å². The fraction of sp³-hybridized carbons (Fsp3) is 0.316. The Morgan fingerprint density at radius 3 is 2.48 bits per heavy atom. The Morgan fingerprint density at radius 1 is 1.15 bits per heavy atom. The lowest BCUT2D eigenvalue weighted by Gasteiger charge is -2.26. The second-order valence-corrected chi connectivity index (χ2v) is 7.87. The summed E-state index contributed by atoms with van der Waals surface area (Å²) in [7, 11) is 0. The maximum Gasteiger partial charge on any atom is 0.261 e. The van der Waals surface area contributed by atoms with E-state index >= 15 is 0 Å². The minimum Gasteiger partial charge on any atom is -0.350 e. The van der Waals surface area contributed by atoms with E-state index in [4.69, 9.17) is 0 Å². The molecule has 2 aromatic rings. The zero-order valence-electron chi connectivity index (χ0n) is 15.4. The first-order chi connectivity index (χ1) is 12.7. The quantitative estimate of drug-likeness (QED) is 0.794. The second-order valence-electron chi connectivity index (χ2n) is 6.92. The van der Waals surface area contributed by atoms with Gasteiger partial charge >= 0.3 is 0 Å². The third kappa shape index (κ3) is 6.49. The van der Waals surface area contributed by atoms with Gasteiger partial charge in [0.25, 0.3) is 5.91 Å². The number of carbonyl (C=O) groups excluding carboxylic acids is 3. The monoisotopic (exact) mass is 391 g/mol. The number of rotatable bonds is 6. The second kappa shape index (κ2) is 8.77. The smallest absolute Gasteiger partial charge is 0.261 e. The zero-order valence-corrected chi connectivity index (χ0v) is 16.2. The molecule has 0 saturated carbocycles. The molecule has 0 radical (unpaired) electrons. The van der Waals surface area contributed by atoms with Crippen molar-refractivity contribution in [1.82, 2.24) is 10.6 Å². The molecule has 144 valence electrons. The largest absolute Gasteiger partial charge is 0.350 e. The Kier molecular flexibility index (Phi) is 6.68. The molecular weight excluding hydrogens is 369 g/mol. The SMILES string of the molecule is CC(C)(C)NC(=O)CN(C(=O)CNC(=O)c1cccs1)c1cccc(F)c1. The van der Waals surface area contributed by atoms with Crippen LogP contribution in [0.4, 0.5) is 10.1 Å². The Bertz CT molecular complexity index is 816. The van der Waals surface area contributed by atoms with Crippen molar-refractivity contribution in [3.8, 4) is 0 Å². The van der Waals surface area contributed by atoms with Crippen LogP contribution in [0.5, 0.6) is 0 Å². The molecule has 27 heavy (non-hydrogen) atoms. The third-order valence-corrected chi connectivity index (χ3v) is 4.25. The first-order valence-corrected chi connectivity index (χ1v) is 9.22. The molecule has 2 rings (SSSR count). The molecule has 8 heteroatoms. The van der Waals surface area contributed by atoms with Crippen molar-refractivity contribution < 1.29 is 18.8 Å². The standard InChI is InChI=1S/C19H22FN3O3S/c1-19(2,3)22-16(24)12-23(14-7-4-6-13(20)10-14)17(25)11-21-18(26)15-8-5-9-27-15/h4-10H,11-12H2,1-3H3,(H,21,26)(H,22,24). The summed E-state index contributed by atoms with van der Waals surface area (Å²) in [6, 6.07) is 8.79. The third-order valence-electron chi connectivity index (χ3n) is 3.38. The number of thiophene rings is 1. The number of carbonyl (C=O) groups is 3. The highest BCUT2D eigenvalue weighted by Crippen LogP contribution is 2.16. The molecule has 0 bridgehead atoms. The van der Waals surface area contributed by atoms with Gasteiger partial charge in [0.2, 0.25) is 11.8 Å². The fourth-order valence-electron chi connectivity index (χ4n) is 2.32. The Labute approximate surface area is 161 Å². The normalized spacial score (nSPS) is 11.0. The van der Waals surface area contributed by atoms with Crippen LogP contribution in [0, 0.1) is 5.82 Å². The zero-order chi connectivity index (χ0) is 20.0. The van der Waals surface area contributed by atoms with Crippen LogP contribution in [0.1, 0.15) is 30.4 Å². The summed E-state index contributed by atoms with van der Waals surface area (Å²) < 4.78 is 13.6. The number of nitrogens with zero attached hydrogens (tertiary/aromatic N) is 1. The molecule has 0 atom stereocenters. The van der Waals surface area contributed by atoms with Crippen molar-refractivity contribution >= 4 is 34.7 Å². The van der Waals surface area contributed by atoms with Gasteiger partial charge in [-0.1, -0.05) is 12.1 Å². The van der Waals surface area contributed by atoms with Crippen LogP contribution in [0.2, 0.25) is 0 Å². The van der Waals surface area contributed by atoms with E-state index in [1.807, 2.05) is 20.8 Å². The van der Waals surface area contributed by atoms with Gasteiger partial charge in [-0.25, -0.2) is 4.39 Å². The molecule has 0 aliphatic rings. The molecule has 0 spiro atoms. The molecule has 2 N–H and O–H groups in total. The lowest BCUT2D eigenvalue weighted by molar-refractivity contribution is -0.124. The van der Waals surface area contributed by atoms with Gasteiger partial charge in [-0.3, -0.25) is 14.4 Å². The van der Waals surface area contributed by atoms with E-state index in [-0.39, 0.29) is 30.6 Å². The van der Waals surface area contributed by atoms with Gasteiger partial charge in [0.05, 0.1) is 11.4 Å². The number of nitrogens with one attached hydrogen (secondary N) is 2. The van der Waals surface area contributed by atoms with Gasteiger partial charge < -0.3 is 15.5 Å². The Balaban J connectivity index is 2.12. The minimum atomic E-state index is -0.524. The summed E-state index contributed by atoms with van der Waals surface area (Å²) in [5.41, 5.74) is -0.226. The van der Waals surface area contributed by atoms with Gasteiger partial charge in [0, 0.05) is 11.2 Å². The molecule has 1 aromatic heterocycles. The highest BCUT2D eigenvalue weighted by atomic mass is 32.1. The number of benzene rings is 1. The lowest BCUT2D eigenvalue weighted by atomic mass is 10.1. The average Bonchev–Trinajstić information content (AvgIpc) is 3.10. The number of amides is 3. The molecule has 0 aliphatic carbocycles. The fourth-order valence-corrected chi connectivity index (χ4v) is 2.96. The molecule has 0 aliphatic heterocycles. The van der Waals surface area contributed by atoms with E-state index in [2.05, 4.69) is 10.6 Å². The molecule has 6 nitrogen and oxygen atoms in total. The molecule has 1 heterocycles. The lowest BCUT2D eigenvalue weighted by Crippen LogP contribution is -2.49. The van der Waals surface area contributed by atoms with Crippen LogP contribution in [0.25, 0.3) is 0 Å². The van der Waals surface area contributed by atoms with Crippen LogP contribution in [0.3, 0.4) is 0 Å². The number of hydrogen-bond donors (Lipinski definition) is 2. The summed E-state index contributed by atoms with van der Waals surface area (Å²) in [5, 5.41) is 7.05. The molecule has 0 fully saturated rings. The topological polar surface area (TPSA) is 78.5 Å². The molecule has 1 aromatic carbocycles. The summed E-state index contributed by atoms with van der Waals surface area (Å²) >= 11 is 1.26. The van der Waals surface area contributed by atoms with E-state index in [1.165, 1.54) is 35.6 Å². The molecule has 0 unspecified atom stereocenters. The maximum absolute atomic E-state index is 13.6. The predicted molar refractivity (Wildman–Crippen MR) is 103 cm³/mol. The van der Waals surface area contributed by atoms with E-state index < -0.39 is 17.3 Å². The van der Waals surface area contributed by atoms with Gasteiger partial charge in [0.1, 0.15) is 12.4 Å². The summed E-state index contributed by atoms with van der Waals surface area (Å²) in [5.74, 6) is -1.81. The summed E-state index contributed by atoms with van der Waals surface area (Å²) in [6.07, 6.45) is 0. The van der Waals surface area contributed by atoms with Gasteiger partial charge in [-0.2, -0.15) is 0 Å². The van der Waals surface area contributed by atoms with Crippen molar-refractivity contribution in [3.63, 3.8) is 0 Å². The first-order valence-electron chi connectivity index (χ1n) is 8.34. The van der Waals surface area contributed by atoms with E-state index in [0.717, 1.165) is 4.90 Å². The van der Waals surface area contributed by atoms with Crippen LogP contribution in [0.15, 0.2) is 41.8 Å². The van der Waals surface area contributed by atoms with E-state index in [0.29, 0.717) is 4.88 Å². The van der Waals surface area contributed by atoms with Crippen LogP contribution in [-0.2, 0) is 9.59 Å². The van der Waals surface area contributed by atoms with Crippen LogP contribution in [-0.4, -0.2) is 36.3 Å². The predicted octanol–water partition coefficient (Wildman–Crippen LogP) is 2.56. The number of hydrogen-bond acceptors (Lipinski definition) is 4. The number of anilines is 1. The van der Waals surface area contributed by atoms with Crippen molar-refractivity contribution in [2.24, 2.45) is 0 Å². The average molecular weight is 391 g/mol. The Hall–Kier alpha value is -2.74. The summed E-state index contributed by atoms with van der Waals surface area (Å²) in [4.78, 5) is 38.6. The van der Waals surface area contributed by atoms with Crippen molar-refractivity contribution in [2.45, 2.75) is 26.3 Å². The van der Waals surface area contributed by atoms with Crippen molar-refractivity contribution in [2.75, 3.05) is 18.0 Å².